The molecule has 1 aromatic heterocycles. The van der Waals surface area contributed by atoms with Gasteiger partial charge >= 0.3 is 5.97 Å². The minimum absolute atomic E-state index is 0.0422. The van der Waals surface area contributed by atoms with Crippen LogP contribution in [-0.4, -0.2) is 23.5 Å². The molecule has 134 valence electrons. The molecule has 0 radical (unpaired) electrons. The number of furan rings is 1. The van der Waals surface area contributed by atoms with Crippen molar-refractivity contribution in [3.8, 4) is 5.75 Å². The van der Waals surface area contributed by atoms with Crippen LogP contribution in [0.1, 0.15) is 24.0 Å². The van der Waals surface area contributed by atoms with Crippen LogP contribution in [0.5, 0.6) is 5.75 Å². The molecule has 0 fully saturated rings. The van der Waals surface area contributed by atoms with Crippen LogP contribution in [0, 0.1) is 17.0 Å². The molecule has 1 aromatic carbocycles. The number of hydrogen-bond acceptors (Lipinski definition) is 7. The lowest BCUT2D eigenvalue weighted by molar-refractivity contribution is -0.385. The number of aryl methyl sites for hydroxylation is 1. The normalized spacial score (nSPS) is 11.8. The van der Waals surface area contributed by atoms with Gasteiger partial charge in [-0.05, 0) is 38.1 Å². The van der Waals surface area contributed by atoms with Crippen LogP contribution in [0.2, 0.25) is 0 Å². The van der Waals surface area contributed by atoms with E-state index in [2.05, 4.69) is 0 Å². The summed E-state index contributed by atoms with van der Waals surface area (Å²) in [6, 6.07) is 7.20. The van der Waals surface area contributed by atoms with Crippen LogP contribution < -0.4 is 10.5 Å². The summed E-state index contributed by atoms with van der Waals surface area (Å²) in [5, 5.41) is 10.8. The highest BCUT2D eigenvalue weighted by Crippen LogP contribution is 2.24. The van der Waals surface area contributed by atoms with Gasteiger partial charge in [0.05, 0.1) is 11.5 Å². The van der Waals surface area contributed by atoms with Crippen LogP contribution in [0.15, 0.2) is 34.7 Å². The number of carbonyl (C=O) groups excluding carboxylic acids is 1. The van der Waals surface area contributed by atoms with E-state index in [-0.39, 0.29) is 25.3 Å². The molecule has 8 nitrogen and oxygen atoms in total. The average molecular weight is 348 g/mol. The molecule has 0 amide bonds. The van der Waals surface area contributed by atoms with E-state index in [1.54, 1.807) is 32.0 Å². The largest absolute Gasteiger partial charge is 0.486 e. The molecule has 1 atom stereocenters. The Morgan fingerprint density at radius 2 is 2.04 bits per heavy atom. The Morgan fingerprint density at radius 1 is 1.32 bits per heavy atom. The van der Waals surface area contributed by atoms with Crippen LogP contribution in [0.4, 0.5) is 5.69 Å². The molecule has 2 aromatic rings. The number of hydrogen-bond donors (Lipinski definition) is 1. The third-order valence-electron chi connectivity index (χ3n) is 3.47. The zero-order chi connectivity index (χ0) is 18.4. The molecule has 0 bridgehead atoms. The third kappa shape index (κ3) is 5.05. The summed E-state index contributed by atoms with van der Waals surface area (Å²) < 4.78 is 16.0. The zero-order valence-corrected chi connectivity index (χ0v) is 14.1. The van der Waals surface area contributed by atoms with Gasteiger partial charge in [-0.3, -0.25) is 14.9 Å². The maximum absolute atomic E-state index is 11.5. The van der Waals surface area contributed by atoms with Crippen molar-refractivity contribution >= 4 is 11.7 Å². The third-order valence-corrected chi connectivity index (χ3v) is 3.47. The number of ether oxygens (including phenoxy) is 2. The molecule has 0 saturated heterocycles. The number of nitrogens with two attached hydrogens (primary N) is 1. The molecule has 25 heavy (non-hydrogen) atoms. The van der Waals surface area contributed by atoms with Gasteiger partial charge < -0.3 is 19.6 Å². The number of esters is 1. The summed E-state index contributed by atoms with van der Waals surface area (Å²) in [7, 11) is 0. The zero-order valence-electron chi connectivity index (χ0n) is 14.1. The first-order valence-corrected chi connectivity index (χ1v) is 7.78. The Hall–Kier alpha value is -2.87. The molecule has 2 N–H and O–H groups in total. The van der Waals surface area contributed by atoms with Gasteiger partial charge in [0.2, 0.25) is 0 Å². The molecule has 1 unspecified atom stereocenters. The molecular weight excluding hydrogens is 328 g/mol. The van der Waals surface area contributed by atoms with E-state index in [1.807, 2.05) is 0 Å². The lowest BCUT2D eigenvalue weighted by atomic mass is 10.2. The minimum atomic E-state index is -0.780. The molecule has 0 saturated carbocycles. The second kappa shape index (κ2) is 8.29. The summed E-state index contributed by atoms with van der Waals surface area (Å²) in [5.41, 5.74) is 6.30. The topological polar surface area (TPSA) is 118 Å². The minimum Gasteiger partial charge on any atom is -0.486 e. The molecule has 0 aliphatic rings. The molecule has 2 rings (SSSR count). The molecule has 0 spiro atoms. The van der Waals surface area contributed by atoms with Crippen molar-refractivity contribution in [2.75, 3.05) is 6.61 Å². The van der Waals surface area contributed by atoms with Crippen LogP contribution >= 0.6 is 0 Å². The second-order valence-corrected chi connectivity index (χ2v) is 5.42. The maximum atomic E-state index is 11.5. The van der Waals surface area contributed by atoms with Crippen LogP contribution in [-0.2, 0) is 22.6 Å². The van der Waals surface area contributed by atoms with Gasteiger partial charge in [-0.1, -0.05) is 0 Å². The Morgan fingerprint density at radius 3 is 2.68 bits per heavy atom. The maximum Gasteiger partial charge on any atom is 0.323 e. The van der Waals surface area contributed by atoms with Crippen molar-refractivity contribution in [1.29, 1.82) is 0 Å². The Labute approximate surface area is 144 Å². The number of nitrogens with zero attached hydrogens (tertiary/aromatic N) is 1. The first-order valence-electron chi connectivity index (χ1n) is 7.78. The predicted molar refractivity (Wildman–Crippen MR) is 89.2 cm³/mol. The Kier molecular flexibility index (Phi) is 6.13. The SMILES string of the molecule is CCOC(=O)C(N)Cc1ccc(COc2ccc([N+](=O)[O-])c(C)c2)o1. The number of rotatable bonds is 8. The lowest BCUT2D eigenvalue weighted by Gasteiger charge is -2.08. The summed E-state index contributed by atoms with van der Waals surface area (Å²) in [6.45, 7) is 3.80. The van der Waals surface area contributed by atoms with Crippen molar-refractivity contribution in [3.63, 3.8) is 0 Å². The van der Waals surface area contributed by atoms with Gasteiger partial charge in [0, 0.05) is 18.1 Å². The quantitative estimate of drug-likeness (QED) is 0.442. The van der Waals surface area contributed by atoms with Crippen molar-refractivity contribution in [2.45, 2.75) is 32.9 Å². The molecule has 8 heteroatoms. The smallest absolute Gasteiger partial charge is 0.323 e. The average Bonchev–Trinajstić information content (AvgIpc) is 3.00. The highest BCUT2D eigenvalue weighted by atomic mass is 16.6. The van der Waals surface area contributed by atoms with Gasteiger partial charge in [-0.25, -0.2) is 0 Å². The van der Waals surface area contributed by atoms with Gasteiger partial charge in [0.1, 0.15) is 29.9 Å². The molecule has 1 heterocycles. The van der Waals surface area contributed by atoms with Crippen LogP contribution in [0.25, 0.3) is 0 Å². The van der Waals surface area contributed by atoms with Crippen molar-refractivity contribution in [2.24, 2.45) is 5.73 Å². The summed E-state index contributed by atoms with van der Waals surface area (Å²) in [4.78, 5) is 21.9. The Balaban J connectivity index is 1.92. The molecular formula is C17H20N2O6. The lowest BCUT2D eigenvalue weighted by Crippen LogP contribution is -2.34. The summed E-state index contributed by atoms with van der Waals surface area (Å²) in [6.07, 6.45) is 0.232. The van der Waals surface area contributed by atoms with Crippen molar-refractivity contribution in [1.82, 2.24) is 0 Å². The number of nitro benzene ring substituents is 1. The fourth-order valence-corrected chi connectivity index (χ4v) is 2.24. The van der Waals surface area contributed by atoms with E-state index >= 15 is 0 Å². The van der Waals surface area contributed by atoms with Gasteiger partial charge in [0.25, 0.3) is 5.69 Å². The molecule has 0 aliphatic carbocycles. The highest BCUT2D eigenvalue weighted by molar-refractivity contribution is 5.75. The van der Waals surface area contributed by atoms with E-state index in [9.17, 15) is 14.9 Å². The second-order valence-electron chi connectivity index (χ2n) is 5.42. The summed E-state index contributed by atoms with van der Waals surface area (Å²) >= 11 is 0. The van der Waals surface area contributed by atoms with Crippen molar-refractivity contribution in [3.05, 3.63) is 57.5 Å². The van der Waals surface area contributed by atoms with Crippen LogP contribution in [0.3, 0.4) is 0 Å². The fourth-order valence-electron chi connectivity index (χ4n) is 2.24. The van der Waals surface area contributed by atoms with E-state index < -0.39 is 16.9 Å². The highest BCUT2D eigenvalue weighted by Gasteiger charge is 2.17. The van der Waals surface area contributed by atoms with E-state index in [0.717, 1.165) is 0 Å². The van der Waals surface area contributed by atoms with Gasteiger partial charge in [0.15, 0.2) is 0 Å². The fraction of sp³-hybridized carbons (Fsp3) is 0.353. The molecule has 0 aliphatic heterocycles. The Bertz CT molecular complexity index is 755. The number of carbonyl (C=O) groups is 1. The number of nitro groups is 1. The van der Waals surface area contributed by atoms with Crippen molar-refractivity contribution < 1.29 is 23.6 Å². The van der Waals surface area contributed by atoms with Gasteiger partial charge in [-0.15, -0.1) is 0 Å². The first kappa shape index (κ1) is 18.5. The van der Waals surface area contributed by atoms with E-state index in [4.69, 9.17) is 19.6 Å². The number of benzene rings is 1. The van der Waals surface area contributed by atoms with E-state index in [1.165, 1.54) is 12.1 Å². The first-order chi connectivity index (χ1) is 11.9. The van der Waals surface area contributed by atoms with Gasteiger partial charge in [-0.2, -0.15) is 0 Å². The predicted octanol–water partition coefficient (Wildman–Crippen LogP) is 2.51. The van der Waals surface area contributed by atoms with E-state index in [0.29, 0.717) is 22.8 Å². The standard InChI is InChI=1S/C17H20N2O6/c1-3-23-17(20)15(18)9-13-4-5-14(25-13)10-24-12-6-7-16(19(21)22)11(2)8-12/h4-8,15H,3,9-10,18H2,1-2H3. The summed E-state index contributed by atoms with van der Waals surface area (Å²) in [5.74, 6) is 1.14. The monoisotopic (exact) mass is 348 g/mol.